The van der Waals surface area contributed by atoms with Crippen LogP contribution in [0.1, 0.15) is 11.4 Å². The molecule has 6 heteroatoms. The highest BCUT2D eigenvalue weighted by Gasteiger charge is 2.06. The summed E-state index contributed by atoms with van der Waals surface area (Å²) in [6.07, 6.45) is 1.70. The van der Waals surface area contributed by atoms with Crippen LogP contribution in [-0.2, 0) is 13.1 Å². The Morgan fingerprint density at radius 3 is 3.00 bits per heavy atom. The van der Waals surface area contributed by atoms with Gasteiger partial charge in [0.15, 0.2) is 5.82 Å². The van der Waals surface area contributed by atoms with Gasteiger partial charge in [-0.2, -0.15) is 5.10 Å². The molecule has 2 aromatic rings. The van der Waals surface area contributed by atoms with Crippen LogP contribution < -0.4 is 10.1 Å². The molecule has 18 heavy (non-hydrogen) atoms. The van der Waals surface area contributed by atoms with Gasteiger partial charge in [-0.1, -0.05) is 11.6 Å². The van der Waals surface area contributed by atoms with Crippen LogP contribution in [0.2, 0.25) is 5.02 Å². The Balaban J connectivity index is 2.19. The molecule has 0 unspecified atom stereocenters. The van der Waals surface area contributed by atoms with Gasteiger partial charge in [0.25, 0.3) is 0 Å². The molecule has 0 fully saturated rings. The van der Waals surface area contributed by atoms with Gasteiger partial charge < -0.3 is 10.1 Å². The first kappa shape index (κ1) is 12.9. The van der Waals surface area contributed by atoms with Crippen molar-refractivity contribution >= 4 is 11.6 Å². The van der Waals surface area contributed by atoms with Crippen molar-refractivity contribution < 1.29 is 4.74 Å². The lowest BCUT2D eigenvalue weighted by Crippen LogP contribution is -2.08. The predicted octanol–water partition coefficient (Wildman–Crippen LogP) is 1.71. The maximum absolute atomic E-state index is 5.98. The van der Waals surface area contributed by atoms with E-state index in [0.717, 1.165) is 17.1 Å². The van der Waals surface area contributed by atoms with Crippen LogP contribution in [0.5, 0.6) is 5.75 Å². The highest BCUT2D eigenvalue weighted by Crippen LogP contribution is 2.23. The van der Waals surface area contributed by atoms with Crippen molar-refractivity contribution in [1.82, 2.24) is 20.1 Å². The number of nitrogens with one attached hydrogen (secondary N) is 1. The maximum atomic E-state index is 5.98. The van der Waals surface area contributed by atoms with E-state index in [1.807, 2.05) is 19.2 Å². The Labute approximate surface area is 111 Å². The molecule has 2 rings (SSSR count). The van der Waals surface area contributed by atoms with Gasteiger partial charge in [-0.05, 0) is 25.2 Å². The van der Waals surface area contributed by atoms with E-state index in [2.05, 4.69) is 15.4 Å². The Bertz CT molecular complexity index is 527. The molecule has 0 saturated heterocycles. The third kappa shape index (κ3) is 3.00. The summed E-state index contributed by atoms with van der Waals surface area (Å²) >= 11 is 5.98. The molecule has 96 valence electrons. The zero-order valence-corrected chi connectivity index (χ0v) is 11.1. The highest BCUT2D eigenvalue weighted by molar-refractivity contribution is 6.30. The van der Waals surface area contributed by atoms with E-state index in [1.54, 1.807) is 24.2 Å². The molecule has 1 heterocycles. The van der Waals surface area contributed by atoms with Crippen LogP contribution in [0, 0.1) is 0 Å². The van der Waals surface area contributed by atoms with Gasteiger partial charge in [0.05, 0.1) is 20.2 Å². The van der Waals surface area contributed by atoms with Gasteiger partial charge in [0.2, 0.25) is 0 Å². The smallest absolute Gasteiger partial charge is 0.164 e. The van der Waals surface area contributed by atoms with Crippen LogP contribution in [0.4, 0.5) is 0 Å². The molecule has 0 saturated carbocycles. The Hall–Kier alpha value is -1.59. The van der Waals surface area contributed by atoms with Crippen LogP contribution in [0.25, 0.3) is 0 Å². The van der Waals surface area contributed by atoms with Crippen molar-refractivity contribution in [3.8, 4) is 5.75 Å². The third-order valence-corrected chi connectivity index (χ3v) is 2.73. The minimum atomic E-state index is 0.584. The lowest BCUT2D eigenvalue weighted by atomic mass is 10.2. The Morgan fingerprint density at radius 1 is 1.44 bits per heavy atom. The summed E-state index contributed by atoms with van der Waals surface area (Å²) in [5.74, 6) is 1.56. The van der Waals surface area contributed by atoms with Crippen LogP contribution in [-0.4, -0.2) is 28.9 Å². The summed E-state index contributed by atoms with van der Waals surface area (Å²) in [5, 5.41) is 8.04. The number of aromatic nitrogens is 3. The summed E-state index contributed by atoms with van der Waals surface area (Å²) in [7, 11) is 3.50. The van der Waals surface area contributed by atoms with Gasteiger partial charge in [-0.3, -0.25) is 0 Å². The average molecular weight is 267 g/mol. The molecule has 0 aliphatic carbocycles. The monoisotopic (exact) mass is 266 g/mol. The van der Waals surface area contributed by atoms with E-state index in [9.17, 15) is 0 Å². The predicted molar refractivity (Wildman–Crippen MR) is 69.9 cm³/mol. The number of halogens is 1. The van der Waals surface area contributed by atoms with Crippen molar-refractivity contribution in [2.24, 2.45) is 0 Å². The molecule has 1 aromatic carbocycles. The van der Waals surface area contributed by atoms with Crippen molar-refractivity contribution in [2.75, 3.05) is 14.2 Å². The first-order valence-corrected chi connectivity index (χ1v) is 5.96. The number of benzene rings is 1. The molecular weight excluding hydrogens is 252 g/mol. The fraction of sp³-hybridized carbons (Fsp3) is 0.333. The molecule has 0 radical (unpaired) electrons. The number of nitrogens with zero attached hydrogens (tertiary/aromatic N) is 3. The van der Waals surface area contributed by atoms with E-state index < -0.39 is 0 Å². The van der Waals surface area contributed by atoms with Crippen LogP contribution >= 0.6 is 11.6 Å². The van der Waals surface area contributed by atoms with Gasteiger partial charge >= 0.3 is 0 Å². The number of hydrogen-bond donors (Lipinski definition) is 1. The molecule has 0 spiro atoms. The molecule has 0 aliphatic rings. The quantitative estimate of drug-likeness (QED) is 0.895. The average Bonchev–Trinajstić information content (AvgIpc) is 2.77. The zero-order chi connectivity index (χ0) is 13.0. The first-order chi connectivity index (χ1) is 8.72. The van der Waals surface area contributed by atoms with Crippen molar-refractivity contribution in [2.45, 2.75) is 13.1 Å². The highest BCUT2D eigenvalue weighted by atomic mass is 35.5. The summed E-state index contributed by atoms with van der Waals surface area (Å²) in [4.78, 5) is 4.20. The van der Waals surface area contributed by atoms with E-state index in [0.29, 0.717) is 18.1 Å². The first-order valence-electron chi connectivity index (χ1n) is 5.58. The standard InChI is InChI=1S/C12H15ClN4O/c1-14-6-12-15-8-17(16-12)7-9-5-10(13)3-4-11(9)18-2/h3-5,8,14H,6-7H2,1-2H3. The third-order valence-electron chi connectivity index (χ3n) is 2.49. The molecule has 0 atom stereocenters. The zero-order valence-electron chi connectivity index (χ0n) is 10.4. The molecule has 1 N–H and O–H groups in total. The summed E-state index contributed by atoms with van der Waals surface area (Å²) in [6, 6.07) is 5.53. The van der Waals surface area contributed by atoms with Crippen LogP contribution in [0.3, 0.4) is 0 Å². The SMILES string of the molecule is CNCc1ncn(Cc2cc(Cl)ccc2OC)n1. The summed E-state index contributed by atoms with van der Waals surface area (Å²) in [6.45, 7) is 1.24. The summed E-state index contributed by atoms with van der Waals surface area (Å²) in [5.41, 5.74) is 0.978. The van der Waals surface area contributed by atoms with Crippen LogP contribution in [0.15, 0.2) is 24.5 Å². The van der Waals surface area contributed by atoms with Gasteiger partial charge in [0.1, 0.15) is 12.1 Å². The fourth-order valence-corrected chi connectivity index (χ4v) is 1.89. The second kappa shape index (κ2) is 5.84. The van der Waals surface area contributed by atoms with E-state index >= 15 is 0 Å². The molecule has 5 nitrogen and oxygen atoms in total. The largest absolute Gasteiger partial charge is 0.496 e. The number of hydrogen-bond acceptors (Lipinski definition) is 4. The van der Waals surface area contributed by atoms with Gasteiger partial charge in [0, 0.05) is 10.6 Å². The van der Waals surface area contributed by atoms with E-state index in [4.69, 9.17) is 16.3 Å². The second-order valence-corrected chi connectivity index (χ2v) is 4.28. The topological polar surface area (TPSA) is 52.0 Å². The summed E-state index contributed by atoms with van der Waals surface area (Å²) < 4.78 is 7.06. The Morgan fingerprint density at radius 2 is 2.28 bits per heavy atom. The molecule has 0 amide bonds. The maximum Gasteiger partial charge on any atom is 0.164 e. The van der Waals surface area contributed by atoms with E-state index in [-0.39, 0.29) is 0 Å². The minimum absolute atomic E-state index is 0.584. The Kier molecular flexibility index (Phi) is 4.17. The number of ether oxygens (including phenoxy) is 1. The van der Waals surface area contributed by atoms with Crippen molar-refractivity contribution in [1.29, 1.82) is 0 Å². The van der Waals surface area contributed by atoms with Gasteiger partial charge in [-0.15, -0.1) is 0 Å². The van der Waals surface area contributed by atoms with Crippen molar-refractivity contribution in [3.63, 3.8) is 0 Å². The van der Waals surface area contributed by atoms with Gasteiger partial charge in [-0.25, -0.2) is 9.67 Å². The molecular formula is C12H15ClN4O. The van der Waals surface area contributed by atoms with Crippen molar-refractivity contribution in [3.05, 3.63) is 40.9 Å². The number of methoxy groups -OCH3 is 1. The molecule has 0 bridgehead atoms. The van der Waals surface area contributed by atoms with E-state index in [1.165, 1.54) is 0 Å². The number of rotatable bonds is 5. The second-order valence-electron chi connectivity index (χ2n) is 3.84. The fourth-order valence-electron chi connectivity index (χ4n) is 1.69. The normalized spacial score (nSPS) is 10.6. The molecule has 0 aliphatic heterocycles. The molecule has 1 aromatic heterocycles. The minimum Gasteiger partial charge on any atom is -0.496 e. The lowest BCUT2D eigenvalue weighted by molar-refractivity contribution is 0.407. The lowest BCUT2D eigenvalue weighted by Gasteiger charge is -2.08.